The molecule has 0 spiro atoms. The van der Waals surface area contributed by atoms with Gasteiger partial charge < -0.3 is 9.84 Å². The van der Waals surface area contributed by atoms with Crippen molar-refractivity contribution in [1.82, 2.24) is 4.90 Å². The van der Waals surface area contributed by atoms with E-state index in [1.165, 1.54) is 16.7 Å². The van der Waals surface area contributed by atoms with E-state index >= 15 is 0 Å². The predicted octanol–water partition coefficient (Wildman–Crippen LogP) is 5.44. The van der Waals surface area contributed by atoms with Gasteiger partial charge in [0.1, 0.15) is 0 Å². The van der Waals surface area contributed by atoms with Crippen molar-refractivity contribution >= 4 is 62.1 Å². The minimum absolute atomic E-state index is 0.0338. The van der Waals surface area contributed by atoms with Crippen LogP contribution in [0, 0.1) is 0 Å². The van der Waals surface area contributed by atoms with Gasteiger partial charge in [0.05, 0.1) is 21.7 Å². The van der Waals surface area contributed by atoms with Crippen LogP contribution < -0.4 is 4.74 Å². The van der Waals surface area contributed by atoms with E-state index < -0.39 is 0 Å². The maximum absolute atomic E-state index is 12.6. The normalized spacial score (nSPS) is 17.2. The molecular weight excluding hydrogens is 452 g/mol. The lowest BCUT2D eigenvalue weighted by atomic mass is 10.2. The van der Waals surface area contributed by atoms with Crippen LogP contribution in [0.25, 0.3) is 6.08 Å². The molecule has 1 fully saturated rings. The Labute approximate surface area is 174 Å². The molecule has 2 aromatic rings. The fourth-order valence-corrected chi connectivity index (χ4v) is 3.94. The van der Waals surface area contributed by atoms with Gasteiger partial charge in [0.2, 0.25) is 0 Å². The van der Waals surface area contributed by atoms with E-state index in [4.69, 9.17) is 16.3 Å². The summed E-state index contributed by atoms with van der Waals surface area (Å²) in [5.74, 6) is 0.249. The molecule has 1 saturated heterocycles. The molecule has 1 heterocycles. The largest absolute Gasteiger partial charge is 0.503 e. The molecule has 0 aromatic heterocycles. The second kappa shape index (κ2) is 8.37. The highest BCUT2D eigenvalue weighted by molar-refractivity contribution is 9.10. The molecule has 8 heteroatoms. The molecule has 0 radical (unpaired) electrons. The minimum Gasteiger partial charge on any atom is -0.503 e. The third-order valence-corrected chi connectivity index (χ3v) is 5.62. The van der Waals surface area contributed by atoms with Crippen LogP contribution in [0.4, 0.5) is 5.69 Å². The SMILES string of the molecule is CCOc1cc(/C=C2\SC(=Nc3ccc(Cl)cc3)N(C)C2=O)cc(Br)c1O. The van der Waals surface area contributed by atoms with E-state index in [1.54, 1.807) is 49.5 Å². The summed E-state index contributed by atoms with van der Waals surface area (Å²) >= 11 is 10.5. The van der Waals surface area contributed by atoms with Gasteiger partial charge in [-0.1, -0.05) is 11.6 Å². The zero-order valence-electron chi connectivity index (χ0n) is 14.6. The number of nitrogens with zero attached hydrogens (tertiary/aromatic N) is 2. The van der Waals surface area contributed by atoms with Gasteiger partial charge in [-0.2, -0.15) is 0 Å². The van der Waals surface area contributed by atoms with E-state index in [0.29, 0.717) is 37.6 Å². The number of amidine groups is 1. The van der Waals surface area contributed by atoms with Crippen LogP contribution in [0.15, 0.2) is 50.8 Å². The first kappa shape index (κ1) is 19.8. The highest BCUT2D eigenvalue weighted by Gasteiger charge is 2.30. The monoisotopic (exact) mass is 466 g/mol. The number of halogens is 2. The van der Waals surface area contributed by atoms with E-state index in [2.05, 4.69) is 20.9 Å². The summed E-state index contributed by atoms with van der Waals surface area (Å²) < 4.78 is 5.93. The number of hydrogen-bond donors (Lipinski definition) is 1. The zero-order valence-corrected chi connectivity index (χ0v) is 17.7. The number of carbonyl (C=O) groups excluding carboxylic acids is 1. The van der Waals surface area contributed by atoms with Crippen molar-refractivity contribution in [1.29, 1.82) is 0 Å². The van der Waals surface area contributed by atoms with Crippen LogP contribution in [-0.4, -0.2) is 34.7 Å². The first-order valence-electron chi connectivity index (χ1n) is 8.06. The molecule has 1 aliphatic rings. The number of aliphatic imine (C=N–C) groups is 1. The zero-order chi connectivity index (χ0) is 19.6. The fourth-order valence-electron chi connectivity index (χ4n) is 2.37. The average Bonchev–Trinajstić information content (AvgIpc) is 2.89. The van der Waals surface area contributed by atoms with Gasteiger partial charge in [0.25, 0.3) is 5.91 Å². The summed E-state index contributed by atoms with van der Waals surface area (Å²) in [6, 6.07) is 10.5. The summed E-state index contributed by atoms with van der Waals surface area (Å²) in [5.41, 5.74) is 1.45. The van der Waals surface area contributed by atoms with Crippen molar-refractivity contribution in [2.24, 2.45) is 4.99 Å². The summed E-state index contributed by atoms with van der Waals surface area (Å²) in [4.78, 5) is 19.1. The highest BCUT2D eigenvalue weighted by Crippen LogP contribution is 2.38. The molecule has 0 aliphatic carbocycles. The highest BCUT2D eigenvalue weighted by atomic mass is 79.9. The van der Waals surface area contributed by atoms with Crippen LogP contribution in [0.3, 0.4) is 0 Å². The Kier molecular flexibility index (Phi) is 6.14. The van der Waals surface area contributed by atoms with Gasteiger partial charge in [-0.3, -0.25) is 9.69 Å². The summed E-state index contributed by atoms with van der Waals surface area (Å²) in [7, 11) is 1.68. The minimum atomic E-state index is -0.144. The second-order valence-corrected chi connectivity index (χ2v) is 7.93. The first-order valence-corrected chi connectivity index (χ1v) is 10.0. The number of ether oxygens (including phenoxy) is 1. The molecule has 140 valence electrons. The van der Waals surface area contributed by atoms with Gasteiger partial charge in [-0.15, -0.1) is 0 Å². The standard InChI is InChI=1S/C19H16BrClN2O3S/c1-3-26-15-9-11(8-14(20)17(15)24)10-16-18(25)23(2)19(27-16)22-13-6-4-12(21)5-7-13/h4-10,24H,3H2,1-2H3/b16-10-,22-19?. The first-order chi connectivity index (χ1) is 12.9. The molecule has 1 N–H and O–H groups in total. The maximum Gasteiger partial charge on any atom is 0.266 e. The van der Waals surface area contributed by atoms with Gasteiger partial charge in [-0.05, 0) is 82.7 Å². The lowest BCUT2D eigenvalue weighted by Gasteiger charge is -2.09. The van der Waals surface area contributed by atoms with Crippen molar-refractivity contribution in [3.63, 3.8) is 0 Å². The summed E-state index contributed by atoms with van der Waals surface area (Å²) in [6.45, 7) is 2.26. The third-order valence-electron chi connectivity index (χ3n) is 3.70. The molecule has 27 heavy (non-hydrogen) atoms. The van der Waals surface area contributed by atoms with Gasteiger partial charge in [-0.25, -0.2) is 4.99 Å². The van der Waals surface area contributed by atoms with Crippen LogP contribution in [-0.2, 0) is 4.79 Å². The molecule has 0 bridgehead atoms. The number of thioether (sulfide) groups is 1. The Morgan fingerprint density at radius 1 is 1.33 bits per heavy atom. The van der Waals surface area contributed by atoms with Crippen molar-refractivity contribution in [2.75, 3.05) is 13.7 Å². The lowest BCUT2D eigenvalue weighted by molar-refractivity contribution is -0.121. The summed E-state index contributed by atoms with van der Waals surface area (Å²) in [5, 5.41) is 11.2. The Hall–Kier alpha value is -1.96. The van der Waals surface area contributed by atoms with E-state index in [0.717, 1.165) is 5.56 Å². The molecule has 0 unspecified atom stereocenters. The average molecular weight is 468 g/mol. The van der Waals surface area contributed by atoms with Crippen molar-refractivity contribution in [2.45, 2.75) is 6.92 Å². The molecular formula is C19H16BrClN2O3S. The van der Waals surface area contributed by atoms with Gasteiger partial charge >= 0.3 is 0 Å². The molecule has 5 nitrogen and oxygen atoms in total. The lowest BCUT2D eigenvalue weighted by Crippen LogP contribution is -2.23. The van der Waals surface area contributed by atoms with Crippen LogP contribution in [0.2, 0.25) is 5.02 Å². The van der Waals surface area contributed by atoms with Crippen molar-refractivity contribution in [3.8, 4) is 11.5 Å². The topological polar surface area (TPSA) is 62.1 Å². The van der Waals surface area contributed by atoms with Crippen molar-refractivity contribution in [3.05, 3.63) is 56.4 Å². The van der Waals surface area contributed by atoms with E-state index in [1.807, 2.05) is 6.92 Å². The molecule has 1 aliphatic heterocycles. The number of likely N-dealkylation sites (N-methyl/N-ethyl adjacent to an activating group) is 1. The maximum atomic E-state index is 12.6. The number of carbonyl (C=O) groups is 1. The van der Waals surface area contributed by atoms with Gasteiger partial charge in [0.15, 0.2) is 16.7 Å². The Morgan fingerprint density at radius 2 is 2.04 bits per heavy atom. The summed E-state index contributed by atoms with van der Waals surface area (Å²) in [6.07, 6.45) is 1.75. The third kappa shape index (κ3) is 4.48. The predicted molar refractivity (Wildman–Crippen MR) is 114 cm³/mol. The molecule has 2 aromatic carbocycles. The van der Waals surface area contributed by atoms with Crippen LogP contribution in [0.5, 0.6) is 11.5 Å². The Bertz CT molecular complexity index is 945. The van der Waals surface area contributed by atoms with E-state index in [-0.39, 0.29) is 11.7 Å². The smallest absolute Gasteiger partial charge is 0.266 e. The van der Waals surface area contributed by atoms with E-state index in [9.17, 15) is 9.90 Å². The molecule has 3 rings (SSSR count). The Balaban J connectivity index is 1.91. The molecule has 0 atom stereocenters. The molecule has 0 saturated carbocycles. The number of benzene rings is 2. The number of hydrogen-bond acceptors (Lipinski definition) is 5. The van der Waals surface area contributed by atoms with Gasteiger partial charge in [0, 0.05) is 12.1 Å². The number of rotatable bonds is 4. The van der Waals surface area contributed by atoms with Crippen LogP contribution >= 0.6 is 39.3 Å². The number of aromatic hydroxyl groups is 1. The second-order valence-electron chi connectivity index (χ2n) is 5.63. The quantitative estimate of drug-likeness (QED) is 0.608. The number of phenolic OH excluding ortho intramolecular Hbond substituents is 1. The van der Waals surface area contributed by atoms with Crippen LogP contribution in [0.1, 0.15) is 12.5 Å². The molecule has 1 amide bonds. The Morgan fingerprint density at radius 3 is 2.70 bits per heavy atom. The number of amides is 1. The fraction of sp³-hybridized carbons (Fsp3) is 0.158. The number of phenols is 1. The van der Waals surface area contributed by atoms with Crippen molar-refractivity contribution < 1.29 is 14.6 Å².